The second kappa shape index (κ2) is 7.51. The molecule has 3 heterocycles. The van der Waals surface area contributed by atoms with Crippen LogP contribution in [0.2, 0.25) is 0 Å². The normalized spacial score (nSPS) is 12.5. The number of benzene rings is 1. The Balaban J connectivity index is 1.38. The van der Waals surface area contributed by atoms with Crippen molar-refractivity contribution < 1.29 is 18.7 Å². The Morgan fingerprint density at radius 3 is 2.89 bits per heavy atom. The Kier molecular flexibility index (Phi) is 4.76. The molecule has 0 bridgehead atoms. The fraction of sp³-hybridized carbons (Fsp3) is 0.200. The van der Waals surface area contributed by atoms with E-state index in [4.69, 9.17) is 9.15 Å². The fourth-order valence-corrected chi connectivity index (χ4v) is 2.99. The van der Waals surface area contributed by atoms with Crippen molar-refractivity contribution in [1.29, 1.82) is 0 Å². The van der Waals surface area contributed by atoms with Crippen molar-refractivity contribution in [2.75, 3.05) is 7.11 Å². The maximum absolute atomic E-state index is 12.5. The first-order valence-electron chi connectivity index (χ1n) is 8.73. The van der Waals surface area contributed by atoms with Gasteiger partial charge in [-0.05, 0) is 29.8 Å². The van der Waals surface area contributed by atoms with E-state index >= 15 is 0 Å². The molecule has 0 spiro atoms. The molecule has 0 saturated carbocycles. The minimum Gasteiger partial charge on any atom is -0.497 e. The number of hydrogen-bond donors (Lipinski definition) is 1. The number of pyridine rings is 1. The van der Waals surface area contributed by atoms with E-state index in [1.54, 1.807) is 30.3 Å². The van der Waals surface area contributed by atoms with Crippen LogP contribution in [0, 0.1) is 0 Å². The van der Waals surface area contributed by atoms with Crippen molar-refractivity contribution in [2.24, 2.45) is 0 Å². The molecule has 8 heteroatoms. The largest absolute Gasteiger partial charge is 0.497 e. The predicted octanol–water partition coefficient (Wildman–Crippen LogP) is 2.16. The van der Waals surface area contributed by atoms with Crippen LogP contribution >= 0.6 is 0 Å². The Morgan fingerprint density at radius 1 is 1.25 bits per heavy atom. The van der Waals surface area contributed by atoms with Gasteiger partial charge in [0.25, 0.3) is 11.8 Å². The van der Waals surface area contributed by atoms with Crippen LogP contribution in [0.1, 0.15) is 38.1 Å². The number of nitrogens with one attached hydrogen (secondary N) is 1. The highest BCUT2D eigenvalue weighted by molar-refractivity contribution is 5.94. The topological polar surface area (TPSA) is 97.6 Å². The van der Waals surface area contributed by atoms with Gasteiger partial charge in [-0.3, -0.25) is 14.6 Å². The molecule has 0 unspecified atom stereocenters. The summed E-state index contributed by atoms with van der Waals surface area (Å²) in [6.07, 6.45) is 3.14. The lowest BCUT2D eigenvalue weighted by molar-refractivity contribution is 0.0740. The van der Waals surface area contributed by atoms with E-state index in [1.165, 1.54) is 6.20 Å². The number of hydrogen-bond acceptors (Lipinski definition) is 6. The third kappa shape index (κ3) is 3.57. The minimum atomic E-state index is -0.401. The van der Waals surface area contributed by atoms with Crippen molar-refractivity contribution in [1.82, 2.24) is 20.2 Å². The van der Waals surface area contributed by atoms with E-state index < -0.39 is 5.91 Å². The monoisotopic (exact) mass is 378 g/mol. The zero-order chi connectivity index (χ0) is 19.5. The number of carbonyl (C=O) groups excluding carboxylic acids is 2. The second-order valence-electron chi connectivity index (χ2n) is 6.33. The summed E-state index contributed by atoms with van der Waals surface area (Å²) in [6.45, 7) is 0.906. The predicted molar refractivity (Wildman–Crippen MR) is 98.5 cm³/mol. The van der Waals surface area contributed by atoms with E-state index in [9.17, 15) is 9.59 Å². The highest BCUT2D eigenvalue weighted by Gasteiger charge is 2.30. The van der Waals surface area contributed by atoms with Gasteiger partial charge in [0.2, 0.25) is 0 Å². The number of ether oxygens (including phenoxy) is 1. The van der Waals surface area contributed by atoms with Gasteiger partial charge >= 0.3 is 5.91 Å². The molecule has 0 saturated heterocycles. The molecule has 0 fully saturated rings. The molecule has 28 heavy (non-hydrogen) atoms. The molecule has 0 aliphatic carbocycles. The Morgan fingerprint density at radius 2 is 2.14 bits per heavy atom. The summed E-state index contributed by atoms with van der Waals surface area (Å²) in [5.41, 5.74) is 2.01. The van der Waals surface area contributed by atoms with Crippen LogP contribution in [0.5, 0.6) is 5.75 Å². The highest BCUT2D eigenvalue weighted by atomic mass is 16.5. The highest BCUT2D eigenvalue weighted by Crippen LogP contribution is 2.25. The van der Waals surface area contributed by atoms with E-state index in [0.717, 1.165) is 11.3 Å². The molecule has 1 aliphatic heterocycles. The average molecular weight is 378 g/mol. The van der Waals surface area contributed by atoms with Gasteiger partial charge in [0.05, 0.1) is 25.8 Å². The van der Waals surface area contributed by atoms with E-state index in [0.29, 0.717) is 30.1 Å². The van der Waals surface area contributed by atoms with Gasteiger partial charge in [-0.15, -0.1) is 0 Å². The summed E-state index contributed by atoms with van der Waals surface area (Å²) < 4.78 is 10.7. The van der Waals surface area contributed by atoms with Crippen LogP contribution in [0.15, 0.2) is 53.2 Å². The molecular formula is C20H18N4O4. The molecule has 3 aromatic rings. The number of aromatic nitrogens is 2. The number of fused-ring (bicyclic) bond motifs is 1. The quantitative estimate of drug-likeness (QED) is 0.731. The third-order valence-corrected chi connectivity index (χ3v) is 4.43. The van der Waals surface area contributed by atoms with E-state index in [2.05, 4.69) is 15.3 Å². The van der Waals surface area contributed by atoms with Crippen LogP contribution in [-0.4, -0.2) is 33.8 Å². The van der Waals surface area contributed by atoms with Gasteiger partial charge in [0.15, 0.2) is 0 Å². The number of oxazole rings is 1. The molecule has 2 amide bonds. The van der Waals surface area contributed by atoms with Crippen molar-refractivity contribution >= 4 is 11.8 Å². The molecule has 0 atom stereocenters. The van der Waals surface area contributed by atoms with Gasteiger partial charge in [-0.2, -0.15) is 0 Å². The molecule has 2 aromatic heterocycles. The minimum absolute atomic E-state index is 0.00127. The maximum Gasteiger partial charge on any atom is 0.307 e. The van der Waals surface area contributed by atoms with Crippen molar-refractivity contribution in [3.63, 3.8) is 0 Å². The fourth-order valence-electron chi connectivity index (χ4n) is 2.99. The Hall–Kier alpha value is -3.68. The SMILES string of the molecule is COc1cccc(CNC(=O)c2nc3c(o2)CN(C(=O)c2cccnc2)C3)c1. The first-order valence-corrected chi connectivity index (χ1v) is 8.73. The van der Waals surface area contributed by atoms with Gasteiger partial charge < -0.3 is 19.4 Å². The van der Waals surface area contributed by atoms with Crippen LogP contribution in [-0.2, 0) is 19.6 Å². The number of methoxy groups -OCH3 is 1. The number of nitrogens with zero attached hydrogens (tertiary/aromatic N) is 3. The van der Waals surface area contributed by atoms with Crippen LogP contribution in [0.25, 0.3) is 0 Å². The second-order valence-corrected chi connectivity index (χ2v) is 6.33. The van der Waals surface area contributed by atoms with Crippen molar-refractivity contribution in [3.05, 3.63) is 77.3 Å². The Labute approximate surface area is 161 Å². The van der Waals surface area contributed by atoms with Crippen molar-refractivity contribution in [2.45, 2.75) is 19.6 Å². The summed E-state index contributed by atoms with van der Waals surface area (Å²) in [6, 6.07) is 10.8. The van der Waals surface area contributed by atoms with Gasteiger partial charge in [0, 0.05) is 18.9 Å². The molecule has 4 rings (SSSR count). The summed E-state index contributed by atoms with van der Waals surface area (Å²) in [4.78, 5) is 34.6. The van der Waals surface area contributed by atoms with Crippen LogP contribution in [0.3, 0.4) is 0 Å². The lowest BCUT2D eigenvalue weighted by atomic mass is 10.2. The number of amides is 2. The average Bonchev–Trinajstić information content (AvgIpc) is 3.32. The number of rotatable bonds is 5. The molecule has 8 nitrogen and oxygen atoms in total. The zero-order valence-electron chi connectivity index (χ0n) is 15.2. The van der Waals surface area contributed by atoms with Crippen molar-refractivity contribution in [3.8, 4) is 5.75 Å². The first-order chi connectivity index (χ1) is 13.6. The molecule has 0 radical (unpaired) electrons. The van der Waals surface area contributed by atoms with Crippen LogP contribution < -0.4 is 10.1 Å². The summed E-state index contributed by atoms with van der Waals surface area (Å²) in [5.74, 6) is 0.707. The Bertz CT molecular complexity index is 993. The molecule has 1 N–H and O–H groups in total. The van der Waals surface area contributed by atoms with Gasteiger partial charge in [-0.25, -0.2) is 4.98 Å². The maximum atomic E-state index is 12.5. The van der Waals surface area contributed by atoms with Crippen LogP contribution in [0.4, 0.5) is 0 Å². The molecule has 1 aromatic carbocycles. The molecule has 142 valence electrons. The summed E-state index contributed by atoms with van der Waals surface area (Å²) >= 11 is 0. The van der Waals surface area contributed by atoms with E-state index in [1.807, 2.05) is 24.3 Å². The summed E-state index contributed by atoms with van der Waals surface area (Å²) in [7, 11) is 1.59. The van der Waals surface area contributed by atoms with Gasteiger partial charge in [0.1, 0.15) is 17.2 Å². The lowest BCUT2D eigenvalue weighted by Gasteiger charge is -2.14. The first kappa shape index (κ1) is 17.7. The van der Waals surface area contributed by atoms with E-state index in [-0.39, 0.29) is 18.3 Å². The summed E-state index contributed by atoms with van der Waals surface area (Å²) in [5, 5.41) is 2.78. The standard InChI is InChI=1S/C20H18N4O4/c1-27-15-6-2-4-13(8-15)9-22-18(25)19-23-16-11-24(12-17(16)28-19)20(26)14-5-3-7-21-10-14/h2-8,10H,9,11-12H2,1H3,(H,22,25). The molecular weight excluding hydrogens is 360 g/mol. The smallest absolute Gasteiger partial charge is 0.307 e. The van der Waals surface area contributed by atoms with Gasteiger partial charge in [-0.1, -0.05) is 12.1 Å². The third-order valence-electron chi connectivity index (χ3n) is 4.43. The number of carbonyl (C=O) groups is 2. The lowest BCUT2D eigenvalue weighted by Crippen LogP contribution is -2.26. The molecule has 1 aliphatic rings. The zero-order valence-corrected chi connectivity index (χ0v) is 15.2.